The summed E-state index contributed by atoms with van der Waals surface area (Å²) in [6.45, 7) is 1.91. The highest BCUT2D eigenvalue weighted by molar-refractivity contribution is 9.10. The van der Waals surface area contributed by atoms with E-state index in [9.17, 15) is 4.79 Å². The van der Waals surface area contributed by atoms with E-state index in [0.717, 1.165) is 15.8 Å². The van der Waals surface area contributed by atoms with Crippen LogP contribution in [0.2, 0.25) is 0 Å². The molecular formula is C17H15BrN2O2. The third-order valence-electron chi connectivity index (χ3n) is 3.30. The van der Waals surface area contributed by atoms with E-state index >= 15 is 0 Å². The fourth-order valence-electron chi connectivity index (χ4n) is 2.01. The maximum absolute atomic E-state index is 12.2. The van der Waals surface area contributed by atoms with Crippen LogP contribution in [0.4, 0.5) is 0 Å². The van der Waals surface area contributed by atoms with Crippen LogP contribution in [-0.4, -0.2) is 13.0 Å². The van der Waals surface area contributed by atoms with Gasteiger partial charge in [0.05, 0.1) is 29.3 Å². The van der Waals surface area contributed by atoms with Crippen LogP contribution >= 0.6 is 15.9 Å². The van der Waals surface area contributed by atoms with E-state index in [1.54, 1.807) is 31.4 Å². The van der Waals surface area contributed by atoms with Gasteiger partial charge in [-0.1, -0.05) is 6.07 Å². The number of ether oxygens (including phenoxy) is 1. The largest absolute Gasteiger partial charge is 0.496 e. The van der Waals surface area contributed by atoms with Crippen molar-refractivity contribution in [1.29, 1.82) is 5.26 Å². The van der Waals surface area contributed by atoms with Gasteiger partial charge in [0, 0.05) is 5.56 Å². The van der Waals surface area contributed by atoms with Gasteiger partial charge in [-0.15, -0.1) is 0 Å². The third-order valence-corrected chi connectivity index (χ3v) is 3.92. The zero-order valence-electron chi connectivity index (χ0n) is 12.3. The van der Waals surface area contributed by atoms with Crippen LogP contribution in [0.3, 0.4) is 0 Å². The van der Waals surface area contributed by atoms with Crippen LogP contribution in [0.1, 0.15) is 34.5 Å². The summed E-state index contributed by atoms with van der Waals surface area (Å²) in [6, 6.07) is 14.1. The maximum Gasteiger partial charge on any atom is 0.251 e. The summed E-state index contributed by atoms with van der Waals surface area (Å²) >= 11 is 3.43. The van der Waals surface area contributed by atoms with Crippen molar-refractivity contribution in [3.05, 3.63) is 63.6 Å². The third kappa shape index (κ3) is 3.66. The molecule has 0 unspecified atom stereocenters. The lowest BCUT2D eigenvalue weighted by Crippen LogP contribution is -2.26. The molecule has 5 heteroatoms. The molecule has 22 heavy (non-hydrogen) atoms. The number of nitriles is 1. The molecule has 2 rings (SSSR count). The molecule has 1 N–H and O–H groups in total. The molecule has 0 aliphatic heterocycles. The Bertz CT molecular complexity index is 720. The van der Waals surface area contributed by atoms with Crippen LogP contribution in [0.25, 0.3) is 0 Å². The summed E-state index contributed by atoms with van der Waals surface area (Å²) in [5, 5.41) is 11.7. The first-order valence-corrected chi connectivity index (χ1v) is 7.49. The molecule has 0 aliphatic rings. The second-order valence-electron chi connectivity index (χ2n) is 4.78. The lowest BCUT2D eigenvalue weighted by molar-refractivity contribution is 0.0940. The number of nitrogens with zero attached hydrogens (tertiary/aromatic N) is 1. The van der Waals surface area contributed by atoms with Gasteiger partial charge >= 0.3 is 0 Å². The summed E-state index contributed by atoms with van der Waals surface area (Å²) in [4.78, 5) is 12.2. The van der Waals surface area contributed by atoms with E-state index in [1.165, 1.54) is 0 Å². The Balaban J connectivity index is 2.10. The molecule has 0 aliphatic carbocycles. The summed E-state index contributed by atoms with van der Waals surface area (Å²) in [5.41, 5.74) is 2.02. The van der Waals surface area contributed by atoms with Gasteiger partial charge in [0.1, 0.15) is 5.75 Å². The van der Waals surface area contributed by atoms with Crippen molar-refractivity contribution in [2.45, 2.75) is 13.0 Å². The van der Waals surface area contributed by atoms with Crippen LogP contribution in [0.5, 0.6) is 5.75 Å². The average molecular weight is 359 g/mol. The van der Waals surface area contributed by atoms with Crippen LogP contribution < -0.4 is 10.1 Å². The second-order valence-corrected chi connectivity index (χ2v) is 5.63. The number of carbonyl (C=O) groups is 1. The molecule has 0 saturated heterocycles. The van der Waals surface area contributed by atoms with Gasteiger partial charge < -0.3 is 10.1 Å². The fourth-order valence-corrected chi connectivity index (χ4v) is 2.57. The molecule has 0 aromatic heterocycles. The Hall–Kier alpha value is -2.32. The van der Waals surface area contributed by atoms with Gasteiger partial charge in [-0.2, -0.15) is 5.26 Å². The van der Waals surface area contributed by atoms with E-state index in [0.29, 0.717) is 11.1 Å². The number of nitrogens with one attached hydrogen (secondary N) is 1. The number of hydrogen-bond acceptors (Lipinski definition) is 3. The number of benzene rings is 2. The number of amides is 1. The molecule has 1 atom stereocenters. The molecule has 0 bridgehead atoms. The number of rotatable bonds is 4. The molecule has 112 valence electrons. The Morgan fingerprint density at radius 2 is 1.95 bits per heavy atom. The lowest BCUT2D eigenvalue weighted by atomic mass is 10.1. The van der Waals surface area contributed by atoms with Crippen molar-refractivity contribution in [3.8, 4) is 11.8 Å². The molecule has 0 spiro atoms. The minimum absolute atomic E-state index is 0.148. The zero-order chi connectivity index (χ0) is 16.1. The Kier molecular flexibility index (Phi) is 5.18. The van der Waals surface area contributed by atoms with E-state index in [1.807, 2.05) is 31.2 Å². The molecule has 0 radical (unpaired) electrons. The summed E-state index contributed by atoms with van der Waals surface area (Å²) < 4.78 is 6.03. The summed E-state index contributed by atoms with van der Waals surface area (Å²) in [6.07, 6.45) is 0. The van der Waals surface area contributed by atoms with Gasteiger partial charge in [-0.25, -0.2) is 0 Å². The second kappa shape index (κ2) is 7.10. The van der Waals surface area contributed by atoms with Gasteiger partial charge in [-0.3, -0.25) is 4.79 Å². The smallest absolute Gasteiger partial charge is 0.251 e. The molecule has 4 nitrogen and oxygen atoms in total. The molecule has 2 aromatic rings. The molecule has 0 fully saturated rings. The van der Waals surface area contributed by atoms with Gasteiger partial charge in [0.2, 0.25) is 0 Å². The Morgan fingerprint density at radius 3 is 2.50 bits per heavy atom. The fraction of sp³-hybridized carbons (Fsp3) is 0.176. The van der Waals surface area contributed by atoms with E-state index in [4.69, 9.17) is 10.00 Å². The first-order chi connectivity index (χ1) is 10.5. The first kappa shape index (κ1) is 16.1. The lowest BCUT2D eigenvalue weighted by Gasteiger charge is -2.15. The molecule has 0 heterocycles. The maximum atomic E-state index is 12.2. The van der Waals surface area contributed by atoms with Crippen molar-refractivity contribution in [3.63, 3.8) is 0 Å². The molecule has 1 amide bonds. The standard InChI is InChI=1S/C17H15BrN2O2/c1-11(14-7-8-16(22-2)15(18)9-14)20-17(21)13-5-3-12(10-19)4-6-13/h3-9,11H,1-2H3,(H,20,21)/t11-/m1/s1. The van der Waals surface area contributed by atoms with Crippen LogP contribution in [0, 0.1) is 11.3 Å². The van der Waals surface area contributed by atoms with Crippen LogP contribution in [0.15, 0.2) is 46.9 Å². The van der Waals surface area contributed by atoms with Crippen molar-refractivity contribution in [2.75, 3.05) is 7.11 Å². The number of methoxy groups -OCH3 is 1. The zero-order valence-corrected chi connectivity index (χ0v) is 13.8. The van der Waals surface area contributed by atoms with Crippen molar-refractivity contribution >= 4 is 21.8 Å². The number of carbonyl (C=O) groups excluding carboxylic acids is 1. The topological polar surface area (TPSA) is 62.1 Å². The first-order valence-electron chi connectivity index (χ1n) is 6.69. The summed E-state index contributed by atoms with van der Waals surface area (Å²) in [7, 11) is 1.61. The minimum Gasteiger partial charge on any atom is -0.496 e. The van der Waals surface area contributed by atoms with Crippen molar-refractivity contribution < 1.29 is 9.53 Å². The SMILES string of the molecule is COc1ccc([C@@H](C)NC(=O)c2ccc(C#N)cc2)cc1Br. The minimum atomic E-state index is -0.177. The Morgan fingerprint density at radius 1 is 1.27 bits per heavy atom. The molecular weight excluding hydrogens is 344 g/mol. The van der Waals surface area contributed by atoms with Gasteiger partial charge in [0.15, 0.2) is 0 Å². The quantitative estimate of drug-likeness (QED) is 0.903. The van der Waals surface area contributed by atoms with E-state index in [-0.39, 0.29) is 11.9 Å². The average Bonchev–Trinajstić information content (AvgIpc) is 2.54. The molecule has 2 aromatic carbocycles. The highest BCUT2D eigenvalue weighted by atomic mass is 79.9. The highest BCUT2D eigenvalue weighted by Gasteiger charge is 2.13. The predicted molar refractivity (Wildman–Crippen MR) is 87.7 cm³/mol. The normalized spacial score (nSPS) is 11.4. The van der Waals surface area contributed by atoms with Crippen molar-refractivity contribution in [1.82, 2.24) is 5.32 Å². The number of halogens is 1. The number of hydrogen-bond donors (Lipinski definition) is 1. The van der Waals surface area contributed by atoms with Gasteiger partial charge in [0.25, 0.3) is 5.91 Å². The van der Waals surface area contributed by atoms with Crippen LogP contribution in [-0.2, 0) is 0 Å². The van der Waals surface area contributed by atoms with E-state index < -0.39 is 0 Å². The van der Waals surface area contributed by atoms with Crippen molar-refractivity contribution in [2.24, 2.45) is 0 Å². The van der Waals surface area contributed by atoms with Gasteiger partial charge in [-0.05, 0) is 64.8 Å². The Labute approximate surface area is 137 Å². The van der Waals surface area contributed by atoms with E-state index in [2.05, 4.69) is 21.2 Å². The predicted octanol–water partition coefficient (Wildman–Crippen LogP) is 3.82. The molecule has 0 saturated carbocycles. The monoisotopic (exact) mass is 358 g/mol. The highest BCUT2D eigenvalue weighted by Crippen LogP contribution is 2.28. The summed E-state index contributed by atoms with van der Waals surface area (Å²) in [5.74, 6) is 0.568.